The fraction of sp³-hybridized carbons (Fsp3) is 0.609. The Morgan fingerprint density at radius 3 is 2.39 bits per heavy atom. The first-order chi connectivity index (χ1) is 15.6. The summed E-state index contributed by atoms with van der Waals surface area (Å²) in [7, 11) is -3.18. The molecule has 2 aliphatic rings. The molecule has 1 saturated carbocycles. The maximum absolute atomic E-state index is 12.3. The Morgan fingerprint density at radius 2 is 1.79 bits per heavy atom. The molecule has 0 N–H and O–H groups in total. The van der Waals surface area contributed by atoms with Crippen LogP contribution in [0.15, 0.2) is 33.7 Å². The minimum absolute atomic E-state index is 0.0200. The summed E-state index contributed by atoms with van der Waals surface area (Å²) >= 11 is 0. The van der Waals surface area contributed by atoms with Crippen LogP contribution in [0.4, 0.5) is 4.79 Å². The van der Waals surface area contributed by atoms with E-state index in [9.17, 15) is 13.2 Å². The Balaban J connectivity index is 1.22. The third kappa shape index (κ3) is 6.32. The number of sulfone groups is 1. The van der Waals surface area contributed by atoms with E-state index in [0.717, 1.165) is 31.2 Å². The quantitative estimate of drug-likeness (QED) is 0.595. The van der Waals surface area contributed by atoms with Crippen LogP contribution in [0.3, 0.4) is 0 Å². The Kier molecular flexibility index (Phi) is 6.76. The third-order valence-electron chi connectivity index (χ3n) is 5.62. The minimum Gasteiger partial charge on any atom is -0.444 e. The van der Waals surface area contributed by atoms with Gasteiger partial charge in [0, 0.05) is 13.1 Å². The van der Waals surface area contributed by atoms with Crippen molar-refractivity contribution in [1.29, 1.82) is 0 Å². The zero-order valence-corrected chi connectivity index (χ0v) is 20.1. The van der Waals surface area contributed by atoms with Gasteiger partial charge in [-0.1, -0.05) is 17.3 Å². The molecule has 180 valence electrons. The zero-order valence-electron chi connectivity index (χ0n) is 19.3. The molecule has 10 heteroatoms. The first kappa shape index (κ1) is 23.7. The summed E-state index contributed by atoms with van der Waals surface area (Å²) < 4.78 is 41.2. The van der Waals surface area contributed by atoms with Crippen molar-refractivity contribution in [1.82, 2.24) is 15.0 Å². The number of rotatable bonds is 7. The van der Waals surface area contributed by atoms with Crippen LogP contribution in [0.2, 0.25) is 0 Å². The van der Waals surface area contributed by atoms with E-state index in [-0.39, 0.29) is 24.1 Å². The molecule has 2 aromatic rings. The van der Waals surface area contributed by atoms with E-state index in [0.29, 0.717) is 36.1 Å². The molecule has 0 atom stereocenters. The maximum Gasteiger partial charge on any atom is 0.410 e. The van der Waals surface area contributed by atoms with Gasteiger partial charge in [0.2, 0.25) is 5.89 Å². The second kappa shape index (κ2) is 9.42. The van der Waals surface area contributed by atoms with E-state index < -0.39 is 15.4 Å². The smallest absolute Gasteiger partial charge is 0.410 e. The lowest BCUT2D eigenvalue weighted by molar-refractivity contribution is -0.0190. The van der Waals surface area contributed by atoms with Gasteiger partial charge in [-0.2, -0.15) is 4.98 Å². The highest BCUT2D eigenvalue weighted by molar-refractivity contribution is 7.92. The fourth-order valence-corrected chi connectivity index (χ4v) is 5.34. The SMILES string of the molecule is CC(C)(C)OC(=O)N1CCC(OCc2noc(Cc3ccc(S(=O)(=O)C4CC4)cc3)n2)CC1. The van der Waals surface area contributed by atoms with Crippen LogP contribution in [-0.4, -0.2) is 59.6 Å². The van der Waals surface area contributed by atoms with E-state index in [2.05, 4.69) is 10.1 Å². The van der Waals surface area contributed by atoms with E-state index in [1.807, 2.05) is 20.8 Å². The summed E-state index contributed by atoms with van der Waals surface area (Å²) in [4.78, 5) is 18.6. The second-order valence-corrected chi connectivity index (χ2v) is 11.9. The lowest BCUT2D eigenvalue weighted by Gasteiger charge is -2.33. The molecule has 1 amide bonds. The van der Waals surface area contributed by atoms with Gasteiger partial charge >= 0.3 is 6.09 Å². The summed E-state index contributed by atoms with van der Waals surface area (Å²) in [6.07, 6.45) is 3.10. The van der Waals surface area contributed by atoms with Crippen molar-refractivity contribution in [3.63, 3.8) is 0 Å². The third-order valence-corrected chi connectivity index (χ3v) is 7.90. The van der Waals surface area contributed by atoms with Crippen LogP contribution >= 0.6 is 0 Å². The Labute approximate surface area is 194 Å². The topological polar surface area (TPSA) is 112 Å². The first-order valence-corrected chi connectivity index (χ1v) is 12.9. The first-order valence-electron chi connectivity index (χ1n) is 11.3. The molecule has 9 nitrogen and oxygen atoms in total. The molecular weight excluding hydrogens is 446 g/mol. The Hall–Kier alpha value is -2.46. The monoisotopic (exact) mass is 477 g/mol. The van der Waals surface area contributed by atoms with Gasteiger partial charge in [-0.15, -0.1) is 0 Å². The standard InChI is InChI=1S/C23H31N3O6S/c1-23(2,3)31-22(27)26-12-10-17(11-13-26)30-15-20-24-21(32-25-20)14-16-4-6-18(7-5-16)33(28,29)19-8-9-19/h4-7,17,19H,8-15H2,1-3H3. The predicted octanol–water partition coefficient (Wildman–Crippen LogP) is 3.51. The summed E-state index contributed by atoms with van der Waals surface area (Å²) in [5.41, 5.74) is 0.396. The minimum atomic E-state index is -3.18. The molecule has 1 saturated heterocycles. The maximum atomic E-state index is 12.3. The van der Waals surface area contributed by atoms with Gasteiger partial charge in [-0.3, -0.25) is 0 Å². The Morgan fingerprint density at radius 1 is 1.12 bits per heavy atom. The normalized spacial score (nSPS) is 17.8. The number of likely N-dealkylation sites (tertiary alicyclic amines) is 1. The molecule has 1 aliphatic carbocycles. The summed E-state index contributed by atoms with van der Waals surface area (Å²) in [5, 5.41) is 3.76. The molecule has 0 bridgehead atoms. The van der Waals surface area contributed by atoms with Crippen molar-refractivity contribution in [2.45, 2.75) is 81.3 Å². The molecule has 1 aliphatic heterocycles. The molecule has 2 heterocycles. The van der Waals surface area contributed by atoms with Crippen molar-refractivity contribution >= 4 is 15.9 Å². The fourth-order valence-electron chi connectivity index (χ4n) is 3.69. The molecule has 2 fully saturated rings. The molecule has 1 aromatic heterocycles. The van der Waals surface area contributed by atoms with Crippen molar-refractivity contribution in [2.75, 3.05) is 13.1 Å². The van der Waals surface area contributed by atoms with Gasteiger partial charge in [-0.05, 0) is 64.2 Å². The van der Waals surface area contributed by atoms with Crippen LogP contribution in [0.5, 0.6) is 0 Å². The number of piperidine rings is 1. The zero-order chi connectivity index (χ0) is 23.6. The Bertz CT molecular complexity index is 1060. The van der Waals surface area contributed by atoms with Crippen LogP contribution in [0, 0.1) is 0 Å². The van der Waals surface area contributed by atoms with Crippen LogP contribution in [0.1, 0.15) is 63.7 Å². The highest BCUT2D eigenvalue weighted by Gasteiger charge is 2.36. The summed E-state index contributed by atoms with van der Waals surface area (Å²) in [6, 6.07) is 6.86. The molecule has 1 aromatic carbocycles. The number of ether oxygens (including phenoxy) is 2. The number of aromatic nitrogens is 2. The van der Waals surface area contributed by atoms with Gasteiger partial charge in [0.1, 0.15) is 12.2 Å². The van der Waals surface area contributed by atoms with Crippen LogP contribution < -0.4 is 0 Å². The lowest BCUT2D eigenvalue weighted by atomic mass is 10.1. The number of nitrogens with zero attached hydrogens (tertiary/aromatic N) is 3. The number of amides is 1. The van der Waals surface area contributed by atoms with Crippen molar-refractivity contribution in [2.24, 2.45) is 0 Å². The molecule has 0 radical (unpaired) electrons. The number of carbonyl (C=O) groups is 1. The van der Waals surface area contributed by atoms with Crippen LogP contribution in [0.25, 0.3) is 0 Å². The second-order valence-electron chi connectivity index (χ2n) is 9.65. The van der Waals surface area contributed by atoms with E-state index in [1.165, 1.54) is 0 Å². The lowest BCUT2D eigenvalue weighted by Crippen LogP contribution is -2.43. The summed E-state index contributed by atoms with van der Waals surface area (Å²) in [6.45, 7) is 6.98. The molecule has 33 heavy (non-hydrogen) atoms. The average molecular weight is 478 g/mol. The summed E-state index contributed by atoms with van der Waals surface area (Å²) in [5.74, 6) is 0.915. The van der Waals surface area contributed by atoms with Gasteiger partial charge in [0.15, 0.2) is 15.7 Å². The number of carbonyl (C=O) groups excluding carboxylic acids is 1. The number of benzene rings is 1. The van der Waals surface area contributed by atoms with E-state index in [4.69, 9.17) is 14.0 Å². The van der Waals surface area contributed by atoms with Gasteiger partial charge in [0.25, 0.3) is 0 Å². The average Bonchev–Trinajstić information content (AvgIpc) is 3.53. The molecule has 4 rings (SSSR count). The van der Waals surface area contributed by atoms with E-state index >= 15 is 0 Å². The van der Waals surface area contributed by atoms with E-state index in [1.54, 1.807) is 29.2 Å². The molecular formula is C23H31N3O6S. The van der Waals surface area contributed by atoms with Crippen LogP contribution in [-0.2, 0) is 32.3 Å². The van der Waals surface area contributed by atoms with Gasteiger partial charge < -0.3 is 18.9 Å². The number of hydrogen-bond donors (Lipinski definition) is 0. The predicted molar refractivity (Wildman–Crippen MR) is 119 cm³/mol. The van der Waals surface area contributed by atoms with Crippen molar-refractivity contribution in [3.8, 4) is 0 Å². The highest BCUT2D eigenvalue weighted by atomic mass is 32.2. The van der Waals surface area contributed by atoms with Gasteiger partial charge in [-0.25, -0.2) is 13.2 Å². The largest absolute Gasteiger partial charge is 0.444 e. The van der Waals surface area contributed by atoms with Gasteiger partial charge in [0.05, 0.1) is 22.7 Å². The van der Waals surface area contributed by atoms with Crippen molar-refractivity contribution < 1.29 is 27.2 Å². The highest BCUT2D eigenvalue weighted by Crippen LogP contribution is 2.33. The molecule has 0 unspecified atom stereocenters. The molecule has 0 spiro atoms. The number of hydrogen-bond acceptors (Lipinski definition) is 8. The van der Waals surface area contributed by atoms with Crippen molar-refractivity contribution in [3.05, 3.63) is 41.5 Å².